The second-order valence-electron chi connectivity index (χ2n) is 3.87. The number of carbonyl (C=O) groups is 1. The van der Waals surface area contributed by atoms with E-state index in [0.717, 1.165) is 0 Å². The van der Waals surface area contributed by atoms with Crippen LogP contribution in [0.3, 0.4) is 0 Å². The molecule has 1 aromatic heterocycles. The molecule has 0 amide bonds. The number of aliphatic carboxylic acids is 1. The zero-order valence-corrected chi connectivity index (χ0v) is 10.1. The Labute approximate surface area is 108 Å². The Morgan fingerprint density at radius 3 is 2.84 bits per heavy atom. The van der Waals surface area contributed by atoms with Gasteiger partial charge in [0.2, 0.25) is 5.88 Å². The molecule has 2 rings (SSSR count). The second-order valence-corrected chi connectivity index (χ2v) is 3.87. The molecule has 0 aliphatic carbocycles. The molecule has 0 saturated carbocycles. The Morgan fingerprint density at radius 1 is 1.37 bits per heavy atom. The molecule has 0 bridgehead atoms. The van der Waals surface area contributed by atoms with E-state index in [1.54, 1.807) is 13.0 Å². The maximum Gasteiger partial charge on any atom is 0.309 e. The summed E-state index contributed by atoms with van der Waals surface area (Å²) in [6.07, 6.45) is -0.219. The summed E-state index contributed by atoms with van der Waals surface area (Å²) in [7, 11) is 0. The molecular formula is C13H11FN2O3. The van der Waals surface area contributed by atoms with Gasteiger partial charge in [-0.1, -0.05) is 6.07 Å². The van der Waals surface area contributed by atoms with Gasteiger partial charge in [-0.25, -0.2) is 9.37 Å². The minimum Gasteiger partial charge on any atom is -0.481 e. The Bertz CT molecular complexity index is 617. The number of aromatic nitrogens is 2. The molecule has 19 heavy (non-hydrogen) atoms. The second kappa shape index (κ2) is 5.43. The lowest BCUT2D eigenvalue weighted by Gasteiger charge is -2.06. The third-order valence-corrected chi connectivity index (χ3v) is 2.22. The van der Waals surface area contributed by atoms with Gasteiger partial charge in [0.05, 0.1) is 12.1 Å². The Balaban J connectivity index is 2.24. The molecule has 1 heterocycles. The zero-order valence-electron chi connectivity index (χ0n) is 10.1. The van der Waals surface area contributed by atoms with Crippen molar-refractivity contribution in [2.75, 3.05) is 0 Å². The van der Waals surface area contributed by atoms with Gasteiger partial charge < -0.3 is 9.84 Å². The summed E-state index contributed by atoms with van der Waals surface area (Å²) in [5.74, 6) is -0.539. The topological polar surface area (TPSA) is 72.3 Å². The van der Waals surface area contributed by atoms with Crippen LogP contribution in [0.1, 0.15) is 11.5 Å². The summed E-state index contributed by atoms with van der Waals surface area (Å²) >= 11 is 0. The van der Waals surface area contributed by atoms with E-state index >= 15 is 0 Å². The number of carboxylic acids is 1. The van der Waals surface area contributed by atoms with Gasteiger partial charge in [0, 0.05) is 12.1 Å². The number of hydrogen-bond acceptors (Lipinski definition) is 4. The smallest absolute Gasteiger partial charge is 0.309 e. The highest BCUT2D eigenvalue weighted by atomic mass is 19.1. The van der Waals surface area contributed by atoms with Crippen molar-refractivity contribution >= 4 is 5.97 Å². The van der Waals surface area contributed by atoms with E-state index in [-0.39, 0.29) is 12.3 Å². The molecule has 0 atom stereocenters. The van der Waals surface area contributed by atoms with Crippen LogP contribution in [0.4, 0.5) is 4.39 Å². The largest absolute Gasteiger partial charge is 0.481 e. The number of aryl methyl sites for hydroxylation is 1. The van der Waals surface area contributed by atoms with Crippen LogP contribution < -0.4 is 4.74 Å². The van der Waals surface area contributed by atoms with Gasteiger partial charge in [-0.3, -0.25) is 4.79 Å². The van der Waals surface area contributed by atoms with E-state index in [1.165, 1.54) is 24.3 Å². The van der Waals surface area contributed by atoms with Crippen molar-refractivity contribution in [2.45, 2.75) is 13.3 Å². The molecule has 2 aromatic rings. The predicted octanol–water partition coefficient (Wildman–Crippen LogP) is 2.34. The molecule has 0 saturated heterocycles. The first-order chi connectivity index (χ1) is 9.02. The average Bonchev–Trinajstić information content (AvgIpc) is 2.26. The normalized spacial score (nSPS) is 10.2. The molecule has 0 fully saturated rings. The summed E-state index contributed by atoms with van der Waals surface area (Å²) in [4.78, 5) is 18.6. The Kier molecular flexibility index (Phi) is 3.70. The molecule has 6 heteroatoms. The minimum absolute atomic E-state index is 0.189. The van der Waals surface area contributed by atoms with Crippen molar-refractivity contribution in [1.29, 1.82) is 0 Å². The summed E-state index contributed by atoms with van der Waals surface area (Å²) in [5, 5.41) is 8.72. The third kappa shape index (κ3) is 3.74. The van der Waals surface area contributed by atoms with Gasteiger partial charge in [-0.2, -0.15) is 4.98 Å². The monoisotopic (exact) mass is 262 g/mol. The van der Waals surface area contributed by atoms with Gasteiger partial charge in [-0.15, -0.1) is 0 Å². The lowest BCUT2D eigenvalue weighted by molar-refractivity contribution is -0.136. The van der Waals surface area contributed by atoms with Crippen LogP contribution in [0, 0.1) is 12.7 Å². The quantitative estimate of drug-likeness (QED) is 0.915. The van der Waals surface area contributed by atoms with Gasteiger partial charge in [0.1, 0.15) is 17.4 Å². The van der Waals surface area contributed by atoms with Crippen LogP contribution in [-0.4, -0.2) is 21.0 Å². The van der Waals surface area contributed by atoms with E-state index in [0.29, 0.717) is 17.3 Å². The number of halogens is 1. The van der Waals surface area contributed by atoms with Crippen LogP contribution in [0.15, 0.2) is 30.3 Å². The summed E-state index contributed by atoms with van der Waals surface area (Å²) in [6, 6.07) is 7.03. The lowest BCUT2D eigenvalue weighted by Crippen LogP contribution is -2.05. The van der Waals surface area contributed by atoms with Crippen LogP contribution in [0.2, 0.25) is 0 Å². The van der Waals surface area contributed by atoms with Crippen molar-refractivity contribution in [1.82, 2.24) is 9.97 Å². The van der Waals surface area contributed by atoms with Crippen molar-refractivity contribution in [2.24, 2.45) is 0 Å². The average molecular weight is 262 g/mol. The zero-order chi connectivity index (χ0) is 13.8. The van der Waals surface area contributed by atoms with Crippen molar-refractivity contribution in [3.05, 3.63) is 47.7 Å². The number of hydrogen-bond donors (Lipinski definition) is 1. The van der Waals surface area contributed by atoms with Gasteiger partial charge in [-0.05, 0) is 19.1 Å². The van der Waals surface area contributed by atoms with Crippen LogP contribution in [0.25, 0.3) is 0 Å². The van der Waals surface area contributed by atoms with Gasteiger partial charge in [0.25, 0.3) is 0 Å². The SMILES string of the molecule is Cc1nc(CC(=O)O)cc(Oc2cccc(F)c2)n1. The van der Waals surface area contributed by atoms with Crippen molar-refractivity contribution in [3.8, 4) is 11.6 Å². The molecule has 1 aromatic carbocycles. The summed E-state index contributed by atoms with van der Waals surface area (Å²) < 4.78 is 18.4. The third-order valence-electron chi connectivity index (χ3n) is 2.22. The fraction of sp³-hybridized carbons (Fsp3) is 0.154. The van der Waals surface area contributed by atoms with Crippen LogP contribution in [0.5, 0.6) is 11.6 Å². The maximum atomic E-state index is 13.0. The fourth-order valence-corrected chi connectivity index (χ4v) is 1.55. The molecular weight excluding hydrogens is 251 g/mol. The van der Waals surface area contributed by atoms with E-state index in [4.69, 9.17) is 9.84 Å². The summed E-state index contributed by atoms with van der Waals surface area (Å²) in [6.45, 7) is 1.63. The molecule has 98 valence electrons. The Morgan fingerprint density at radius 2 is 2.16 bits per heavy atom. The highest BCUT2D eigenvalue weighted by molar-refractivity contribution is 5.69. The number of ether oxygens (including phenoxy) is 1. The first-order valence-electron chi connectivity index (χ1n) is 5.53. The molecule has 0 unspecified atom stereocenters. The highest BCUT2D eigenvalue weighted by Crippen LogP contribution is 2.20. The predicted molar refractivity (Wildman–Crippen MR) is 64.6 cm³/mol. The van der Waals surface area contributed by atoms with Crippen LogP contribution in [-0.2, 0) is 11.2 Å². The molecule has 0 radical (unpaired) electrons. The first kappa shape index (κ1) is 12.9. The standard InChI is InChI=1S/C13H11FN2O3/c1-8-15-10(7-13(17)18)6-12(16-8)19-11-4-2-3-9(14)5-11/h2-6H,7H2,1H3,(H,17,18). The molecule has 5 nitrogen and oxygen atoms in total. The van der Waals surface area contributed by atoms with Crippen molar-refractivity contribution in [3.63, 3.8) is 0 Å². The minimum atomic E-state index is -0.991. The summed E-state index contributed by atoms with van der Waals surface area (Å²) in [5.41, 5.74) is 0.339. The van der Waals surface area contributed by atoms with E-state index in [1.807, 2.05) is 0 Å². The highest BCUT2D eigenvalue weighted by Gasteiger charge is 2.08. The van der Waals surface area contributed by atoms with E-state index in [9.17, 15) is 9.18 Å². The maximum absolute atomic E-state index is 13.0. The van der Waals surface area contributed by atoms with E-state index < -0.39 is 11.8 Å². The number of benzene rings is 1. The number of nitrogens with zero attached hydrogens (tertiary/aromatic N) is 2. The van der Waals surface area contributed by atoms with E-state index in [2.05, 4.69) is 9.97 Å². The fourth-order valence-electron chi connectivity index (χ4n) is 1.55. The van der Waals surface area contributed by atoms with Crippen LogP contribution >= 0.6 is 0 Å². The molecule has 0 spiro atoms. The molecule has 0 aliphatic rings. The van der Waals surface area contributed by atoms with Gasteiger partial charge >= 0.3 is 5.97 Å². The number of carboxylic acid groups (broad SMARTS) is 1. The lowest BCUT2D eigenvalue weighted by atomic mass is 10.3. The first-order valence-corrected chi connectivity index (χ1v) is 5.53. The molecule has 0 aliphatic heterocycles. The number of rotatable bonds is 4. The Hall–Kier alpha value is -2.50. The molecule has 1 N–H and O–H groups in total. The van der Waals surface area contributed by atoms with Gasteiger partial charge in [0.15, 0.2) is 0 Å². The van der Waals surface area contributed by atoms with Crippen molar-refractivity contribution < 1.29 is 19.0 Å².